The second-order valence-electron chi connectivity index (χ2n) is 5.90. The van der Waals surface area contributed by atoms with Gasteiger partial charge in [0, 0.05) is 36.6 Å². The lowest BCUT2D eigenvalue weighted by Crippen LogP contribution is -2.09. The van der Waals surface area contributed by atoms with E-state index in [-0.39, 0.29) is 5.88 Å². The van der Waals surface area contributed by atoms with Crippen LogP contribution < -0.4 is 9.47 Å². The fourth-order valence-electron chi connectivity index (χ4n) is 2.65. The molecule has 0 radical (unpaired) electrons. The Hall–Kier alpha value is -3.16. The molecule has 146 valence electrons. The lowest BCUT2D eigenvalue weighted by atomic mass is 10.0. The van der Waals surface area contributed by atoms with Gasteiger partial charge >= 0.3 is 0 Å². The number of aromatic nitrogens is 3. The first-order valence-electron chi connectivity index (χ1n) is 8.63. The Labute approximate surface area is 160 Å². The molecule has 0 aliphatic heterocycles. The van der Waals surface area contributed by atoms with Crippen molar-refractivity contribution in [1.82, 2.24) is 15.0 Å². The molecule has 0 aliphatic carbocycles. The summed E-state index contributed by atoms with van der Waals surface area (Å²) in [5.74, 6) is 0.0488. The molecule has 0 fully saturated rings. The number of hydrogen-bond acceptors (Lipinski definition) is 5. The summed E-state index contributed by atoms with van der Waals surface area (Å²) in [5, 5.41) is 0. The molecule has 0 atom stereocenters. The van der Waals surface area contributed by atoms with Gasteiger partial charge < -0.3 is 9.47 Å². The maximum absolute atomic E-state index is 13.4. The maximum Gasteiger partial charge on any atom is 0.272 e. The molecule has 3 heterocycles. The highest BCUT2D eigenvalue weighted by atomic mass is 19.3. The van der Waals surface area contributed by atoms with Crippen LogP contribution in [0.15, 0.2) is 49.1 Å². The molecule has 3 aromatic heterocycles. The van der Waals surface area contributed by atoms with Crippen molar-refractivity contribution in [1.29, 1.82) is 0 Å². The monoisotopic (exact) mass is 389 g/mol. The number of nitrogens with zero attached hydrogens (tertiary/aromatic N) is 3. The zero-order valence-corrected chi connectivity index (χ0v) is 15.1. The number of halogens is 3. The van der Waals surface area contributed by atoms with Gasteiger partial charge in [-0.2, -0.15) is 0 Å². The molecule has 8 heteroatoms. The normalized spacial score (nSPS) is 10.9. The van der Waals surface area contributed by atoms with Crippen LogP contribution in [0.5, 0.6) is 11.8 Å². The van der Waals surface area contributed by atoms with E-state index in [4.69, 9.17) is 9.47 Å². The van der Waals surface area contributed by atoms with E-state index in [0.717, 1.165) is 11.8 Å². The van der Waals surface area contributed by atoms with Gasteiger partial charge in [-0.1, -0.05) is 0 Å². The van der Waals surface area contributed by atoms with Gasteiger partial charge in [0.25, 0.3) is 6.43 Å². The van der Waals surface area contributed by atoms with Crippen molar-refractivity contribution in [3.63, 3.8) is 0 Å². The smallest absolute Gasteiger partial charge is 0.272 e. The zero-order chi connectivity index (χ0) is 19.9. The van der Waals surface area contributed by atoms with Crippen LogP contribution in [0.2, 0.25) is 0 Å². The third-order valence-electron chi connectivity index (χ3n) is 3.76. The van der Waals surface area contributed by atoms with Crippen molar-refractivity contribution in [2.75, 3.05) is 13.2 Å². The molecule has 0 saturated heterocycles. The summed E-state index contributed by atoms with van der Waals surface area (Å²) in [7, 11) is 0. The molecule has 3 rings (SSSR count). The Kier molecular flexibility index (Phi) is 6.41. The number of pyridine rings is 3. The van der Waals surface area contributed by atoms with Gasteiger partial charge in [0.1, 0.15) is 5.82 Å². The van der Waals surface area contributed by atoms with Crippen molar-refractivity contribution >= 4 is 0 Å². The molecule has 0 N–H and O–H groups in total. The van der Waals surface area contributed by atoms with E-state index in [1.54, 1.807) is 30.6 Å². The molecule has 0 amide bonds. The molecule has 0 aromatic carbocycles. The topological polar surface area (TPSA) is 57.1 Å². The highest BCUT2D eigenvalue weighted by molar-refractivity contribution is 5.69. The minimum Gasteiger partial charge on any atom is -0.478 e. The van der Waals surface area contributed by atoms with E-state index >= 15 is 0 Å². The summed E-state index contributed by atoms with van der Waals surface area (Å²) in [6.07, 6.45) is 3.51. The Morgan fingerprint density at radius 1 is 1.00 bits per heavy atom. The second kappa shape index (κ2) is 9.16. The van der Waals surface area contributed by atoms with Gasteiger partial charge in [0.05, 0.1) is 12.8 Å². The van der Waals surface area contributed by atoms with E-state index in [2.05, 4.69) is 15.0 Å². The van der Waals surface area contributed by atoms with Crippen LogP contribution in [-0.2, 0) is 6.42 Å². The van der Waals surface area contributed by atoms with Gasteiger partial charge in [-0.15, -0.1) is 0 Å². The van der Waals surface area contributed by atoms with Gasteiger partial charge in [-0.25, -0.2) is 23.1 Å². The summed E-state index contributed by atoms with van der Waals surface area (Å²) >= 11 is 0. The predicted molar refractivity (Wildman–Crippen MR) is 97.1 cm³/mol. The van der Waals surface area contributed by atoms with Crippen molar-refractivity contribution in [2.24, 2.45) is 0 Å². The van der Waals surface area contributed by atoms with Gasteiger partial charge in [0.2, 0.25) is 11.8 Å². The van der Waals surface area contributed by atoms with Gasteiger partial charge in [-0.3, -0.25) is 4.98 Å². The lowest BCUT2D eigenvalue weighted by molar-refractivity contribution is 0.0799. The van der Waals surface area contributed by atoms with E-state index in [9.17, 15) is 13.2 Å². The third-order valence-corrected chi connectivity index (χ3v) is 3.76. The molecule has 0 bridgehead atoms. The number of alkyl halides is 2. The number of hydrogen-bond donors (Lipinski definition) is 0. The molecule has 28 heavy (non-hydrogen) atoms. The standard InChI is InChI=1S/C20H18F3N3O2/c1-2-27-19-8-15(3-4-25-19)17-7-14(5-13-6-16(21)11-24-9-13)10-26-20(17)28-12-18(22)23/h3-4,6-11,18H,2,5,12H2,1H3. The predicted octanol–water partition coefficient (Wildman–Crippen LogP) is 4.31. The first kappa shape index (κ1) is 19.6. The maximum atomic E-state index is 13.4. The van der Waals surface area contributed by atoms with Gasteiger partial charge in [0.15, 0.2) is 6.61 Å². The Balaban J connectivity index is 1.96. The molecular weight excluding hydrogens is 371 g/mol. The molecule has 0 unspecified atom stereocenters. The fraction of sp³-hybridized carbons (Fsp3) is 0.250. The lowest BCUT2D eigenvalue weighted by Gasteiger charge is -2.13. The highest BCUT2D eigenvalue weighted by Gasteiger charge is 2.14. The van der Waals surface area contributed by atoms with Crippen molar-refractivity contribution in [2.45, 2.75) is 19.8 Å². The van der Waals surface area contributed by atoms with E-state index in [1.807, 2.05) is 6.92 Å². The first-order valence-corrected chi connectivity index (χ1v) is 8.63. The van der Waals surface area contributed by atoms with Crippen molar-refractivity contribution in [3.05, 3.63) is 66.0 Å². The summed E-state index contributed by atoms with van der Waals surface area (Å²) in [6.45, 7) is 1.51. The largest absolute Gasteiger partial charge is 0.478 e. The Morgan fingerprint density at radius 3 is 2.57 bits per heavy atom. The zero-order valence-electron chi connectivity index (χ0n) is 15.1. The Morgan fingerprint density at radius 2 is 1.82 bits per heavy atom. The molecule has 0 saturated carbocycles. The minimum absolute atomic E-state index is 0.0788. The fourth-order valence-corrected chi connectivity index (χ4v) is 2.65. The second-order valence-corrected chi connectivity index (χ2v) is 5.90. The van der Waals surface area contributed by atoms with Crippen LogP contribution in [-0.4, -0.2) is 34.6 Å². The average Bonchev–Trinajstić information content (AvgIpc) is 2.67. The van der Waals surface area contributed by atoms with Crippen LogP contribution in [0.4, 0.5) is 13.2 Å². The summed E-state index contributed by atoms with van der Waals surface area (Å²) < 4.78 is 49.2. The SMILES string of the molecule is CCOc1cc(-c2cc(Cc3cncc(F)c3)cnc2OCC(F)F)ccn1. The summed E-state index contributed by atoms with van der Waals surface area (Å²) in [6, 6.07) is 6.54. The van der Waals surface area contributed by atoms with Crippen LogP contribution in [0.3, 0.4) is 0 Å². The summed E-state index contributed by atoms with van der Waals surface area (Å²) in [5.41, 5.74) is 2.60. The van der Waals surface area contributed by atoms with Crippen molar-refractivity contribution < 1.29 is 22.6 Å². The van der Waals surface area contributed by atoms with E-state index < -0.39 is 18.8 Å². The van der Waals surface area contributed by atoms with Crippen molar-refractivity contribution in [3.8, 4) is 22.9 Å². The third kappa shape index (κ3) is 5.18. The molecule has 5 nitrogen and oxygen atoms in total. The number of ether oxygens (including phenoxy) is 2. The molecule has 0 aliphatic rings. The molecular formula is C20H18F3N3O2. The minimum atomic E-state index is -2.62. The highest BCUT2D eigenvalue weighted by Crippen LogP contribution is 2.31. The summed E-state index contributed by atoms with van der Waals surface area (Å²) in [4.78, 5) is 12.1. The molecule has 3 aromatic rings. The van der Waals surface area contributed by atoms with Crippen LogP contribution >= 0.6 is 0 Å². The first-order chi connectivity index (χ1) is 13.5. The number of rotatable bonds is 8. The van der Waals surface area contributed by atoms with Gasteiger partial charge in [-0.05, 0) is 41.8 Å². The molecule has 0 spiro atoms. The van der Waals surface area contributed by atoms with Crippen LogP contribution in [0.1, 0.15) is 18.1 Å². The van der Waals surface area contributed by atoms with Crippen LogP contribution in [0, 0.1) is 5.82 Å². The Bertz CT molecular complexity index is 938. The van der Waals surface area contributed by atoms with Crippen LogP contribution in [0.25, 0.3) is 11.1 Å². The van der Waals surface area contributed by atoms with E-state index in [1.165, 1.54) is 12.3 Å². The average molecular weight is 389 g/mol. The van der Waals surface area contributed by atoms with E-state index in [0.29, 0.717) is 35.6 Å². The quantitative estimate of drug-likeness (QED) is 0.575.